The summed E-state index contributed by atoms with van der Waals surface area (Å²) in [5.74, 6) is 1.08. The van der Waals surface area contributed by atoms with Crippen LogP contribution in [0.4, 0.5) is 5.82 Å². The van der Waals surface area contributed by atoms with Crippen LogP contribution in [-0.2, 0) is 17.1 Å². The lowest BCUT2D eigenvalue weighted by atomic mass is 10.3. The fraction of sp³-hybridized carbons (Fsp3) is 0.562. The lowest BCUT2D eigenvalue weighted by Crippen LogP contribution is -2.31. The SMILES string of the molecule is Cc1nn(C)c(C)c1S(=O)(=O)N1CCC(Oc2cncc(N(C)C)n2)C1. The first-order chi connectivity index (χ1) is 12.2. The zero-order valence-corrected chi connectivity index (χ0v) is 16.5. The molecule has 1 saturated heterocycles. The average Bonchev–Trinajstić information content (AvgIpc) is 3.13. The molecule has 1 atom stereocenters. The molecule has 3 rings (SSSR count). The highest BCUT2D eigenvalue weighted by molar-refractivity contribution is 7.89. The quantitative estimate of drug-likeness (QED) is 0.755. The van der Waals surface area contributed by atoms with Gasteiger partial charge in [-0.25, -0.2) is 8.42 Å². The van der Waals surface area contributed by atoms with E-state index in [9.17, 15) is 8.42 Å². The van der Waals surface area contributed by atoms with Crippen molar-refractivity contribution in [2.75, 3.05) is 32.1 Å². The largest absolute Gasteiger partial charge is 0.472 e. The van der Waals surface area contributed by atoms with Crippen LogP contribution >= 0.6 is 0 Å². The Morgan fingerprint density at radius 2 is 2.00 bits per heavy atom. The lowest BCUT2D eigenvalue weighted by molar-refractivity contribution is 0.206. The minimum atomic E-state index is -3.60. The standard InChI is InChI=1S/C16H24N6O3S/c1-11-16(12(2)21(5)19-11)26(23,24)22-7-6-13(10-22)25-15-9-17-8-14(18-15)20(3)4/h8-9,13H,6-7,10H2,1-5H3. The molecule has 10 heteroatoms. The van der Waals surface area contributed by atoms with Crippen LogP contribution in [0, 0.1) is 13.8 Å². The molecular formula is C16H24N6O3S. The number of aryl methyl sites for hydroxylation is 2. The zero-order valence-electron chi connectivity index (χ0n) is 15.7. The summed E-state index contributed by atoms with van der Waals surface area (Å²) in [5, 5.41) is 4.22. The molecular weight excluding hydrogens is 356 g/mol. The molecule has 2 aromatic heterocycles. The van der Waals surface area contributed by atoms with Crippen molar-refractivity contribution in [3.05, 3.63) is 23.8 Å². The van der Waals surface area contributed by atoms with Crippen molar-refractivity contribution in [3.63, 3.8) is 0 Å². The number of hydrogen-bond acceptors (Lipinski definition) is 7. The second kappa shape index (κ2) is 6.84. The fourth-order valence-corrected chi connectivity index (χ4v) is 4.94. The molecule has 9 nitrogen and oxygen atoms in total. The van der Waals surface area contributed by atoms with E-state index < -0.39 is 10.0 Å². The van der Waals surface area contributed by atoms with E-state index in [4.69, 9.17) is 4.74 Å². The van der Waals surface area contributed by atoms with Crippen molar-refractivity contribution in [3.8, 4) is 5.88 Å². The minimum absolute atomic E-state index is 0.256. The van der Waals surface area contributed by atoms with Gasteiger partial charge in [-0.2, -0.15) is 14.4 Å². The summed E-state index contributed by atoms with van der Waals surface area (Å²) < 4.78 is 34.9. The van der Waals surface area contributed by atoms with Gasteiger partial charge < -0.3 is 9.64 Å². The first-order valence-electron chi connectivity index (χ1n) is 8.36. The molecule has 2 aromatic rings. The Balaban J connectivity index is 1.75. The summed E-state index contributed by atoms with van der Waals surface area (Å²) in [4.78, 5) is 10.6. The van der Waals surface area contributed by atoms with E-state index in [1.165, 1.54) is 4.31 Å². The van der Waals surface area contributed by atoms with Crippen molar-refractivity contribution in [1.29, 1.82) is 0 Å². The number of hydrogen-bond donors (Lipinski definition) is 0. The molecule has 0 aromatic carbocycles. The van der Waals surface area contributed by atoms with Gasteiger partial charge in [0, 0.05) is 27.7 Å². The highest BCUT2D eigenvalue weighted by atomic mass is 32.2. The zero-order chi connectivity index (χ0) is 19.1. The highest BCUT2D eigenvalue weighted by Crippen LogP contribution is 2.27. The minimum Gasteiger partial charge on any atom is -0.472 e. The predicted molar refractivity (Wildman–Crippen MR) is 96.8 cm³/mol. The molecule has 0 radical (unpaired) electrons. The Morgan fingerprint density at radius 1 is 1.27 bits per heavy atom. The predicted octanol–water partition coefficient (Wildman–Crippen LogP) is 0.735. The molecule has 1 aliphatic rings. The maximum atomic E-state index is 13.0. The van der Waals surface area contributed by atoms with E-state index in [0.717, 1.165) is 0 Å². The fourth-order valence-electron chi connectivity index (χ4n) is 3.05. The third-order valence-corrected chi connectivity index (χ3v) is 6.61. The molecule has 142 valence electrons. The van der Waals surface area contributed by atoms with Crippen molar-refractivity contribution < 1.29 is 13.2 Å². The topological polar surface area (TPSA) is 93.5 Å². The number of anilines is 1. The molecule has 26 heavy (non-hydrogen) atoms. The number of sulfonamides is 1. The molecule has 0 aliphatic carbocycles. The third-order valence-electron chi connectivity index (χ3n) is 4.49. The Kier molecular flexibility index (Phi) is 4.89. The van der Waals surface area contributed by atoms with E-state index in [2.05, 4.69) is 15.1 Å². The smallest absolute Gasteiger partial charge is 0.246 e. The molecule has 1 fully saturated rings. The van der Waals surface area contributed by atoms with Crippen LogP contribution in [-0.4, -0.2) is 65.8 Å². The van der Waals surface area contributed by atoms with Crippen LogP contribution < -0.4 is 9.64 Å². The first kappa shape index (κ1) is 18.6. The van der Waals surface area contributed by atoms with Gasteiger partial charge in [-0.15, -0.1) is 0 Å². The molecule has 1 unspecified atom stereocenters. The van der Waals surface area contributed by atoms with Crippen LogP contribution in [0.2, 0.25) is 0 Å². The summed E-state index contributed by atoms with van der Waals surface area (Å²) in [6.07, 6.45) is 3.53. The molecule has 1 aliphatic heterocycles. The van der Waals surface area contributed by atoms with Gasteiger partial charge in [0.2, 0.25) is 15.9 Å². The van der Waals surface area contributed by atoms with Gasteiger partial charge in [-0.1, -0.05) is 0 Å². The Morgan fingerprint density at radius 3 is 2.62 bits per heavy atom. The van der Waals surface area contributed by atoms with Crippen LogP contribution in [0.25, 0.3) is 0 Å². The van der Waals surface area contributed by atoms with Gasteiger partial charge in [0.25, 0.3) is 0 Å². The van der Waals surface area contributed by atoms with Crippen LogP contribution in [0.15, 0.2) is 17.3 Å². The van der Waals surface area contributed by atoms with E-state index in [1.807, 2.05) is 19.0 Å². The summed E-state index contributed by atoms with van der Waals surface area (Å²) in [6.45, 7) is 4.16. The van der Waals surface area contributed by atoms with Crippen molar-refractivity contribution in [2.24, 2.45) is 7.05 Å². The highest BCUT2D eigenvalue weighted by Gasteiger charge is 2.36. The number of ether oxygens (including phenoxy) is 1. The Labute approximate surface area is 153 Å². The maximum absolute atomic E-state index is 13.0. The van der Waals surface area contributed by atoms with E-state index >= 15 is 0 Å². The van der Waals surface area contributed by atoms with E-state index in [-0.39, 0.29) is 17.5 Å². The second-order valence-electron chi connectivity index (χ2n) is 6.63. The molecule has 0 N–H and O–H groups in total. The van der Waals surface area contributed by atoms with Gasteiger partial charge in [-0.3, -0.25) is 9.67 Å². The van der Waals surface area contributed by atoms with Crippen molar-refractivity contribution in [1.82, 2.24) is 24.1 Å². The molecule has 0 bridgehead atoms. The van der Waals surface area contributed by atoms with Crippen LogP contribution in [0.5, 0.6) is 5.88 Å². The van der Waals surface area contributed by atoms with Gasteiger partial charge >= 0.3 is 0 Å². The second-order valence-corrected chi connectivity index (χ2v) is 8.50. The first-order valence-corrected chi connectivity index (χ1v) is 9.80. The summed E-state index contributed by atoms with van der Waals surface area (Å²) in [6, 6.07) is 0. The lowest BCUT2D eigenvalue weighted by Gasteiger charge is -2.18. The van der Waals surface area contributed by atoms with Gasteiger partial charge in [0.15, 0.2) is 5.82 Å². The van der Waals surface area contributed by atoms with Crippen LogP contribution in [0.1, 0.15) is 17.8 Å². The summed E-state index contributed by atoms with van der Waals surface area (Å²) >= 11 is 0. The number of rotatable bonds is 5. The molecule has 0 amide bonds. The van der Waals surface area contributed by atoms with Gasteiger partial charge in [0.1, 0.15) is 11.0 Å². The number of nitrogens with zero attached hydrogens (tertiary/aromatic N) is 6. The van der Waals surface area contributed by atoms with E-state index in [1.54, 1.807) is 38.0 Å². The Hall–Kier alpha value is -2.20. The molecule has 0 saturated carbocycles. The number of aromatic nitrogens is 4. The maximum Gasteiger partial charge on any atom is 0.246 e. The summed E-state index contributed by atoms with van der Waals surface area (Å²) in [7, 11) is 1.89. The average molecular weight is 380 g/mol. The van der Waals surface area contributed by atoms with Gasteiger partial charge in [0.05, 0.1) is 30.3 Å². The third kappa shape index (κ3) is 3.38. The normalized spacial score (nSPS) is 18.3. The van der Waals surface area contributed by atoms with E-state index in [0.29, 0.717) is 36.1 Å². The molecule has 0 spiro atoms. The van der Waals surface area contributed by atoms with Gasteiger partial charge in [-0.05, 0) is 20.3 Å². The monoisotopic (exact) mass is 380 g/mol. The Bertz CT molecular complexity index is 909. The molecule has 3 heterocycles. The van der Waals surface area contributed by atoms with Crippen molar-refractivity contribution in [2.45, 2.75) is 31.3 Å². The van der Waals surface area contributed by atoms with Crippen LogP contribution in [0.3, 0.4) is 0 Å². The summed E-state index contributed by atoms with van der Waals surface area (Å²) in [5.41, 5.74) is 1.15. The van der Waals surface area contributed by atoms with Crippen molar-refractivity contribution >= 4 is 15.8 Å².